The smallest absolute Gasteiger partial charge is 0.307 e. The van der Waals surface area contributed by atoms with Gasteiger partial charge >= 0.3 is 5.91 Å². The van der Waals surface area contributed by atoms with Gasteiger partial charge in [-0.2, -0.15) is 4.98 Å². The molecule has 1 aliphatic carbocycles. The molecule has 192 valence electrons. The molecule has 2 aliphatic rings. The molecular weight excluding hydrogens is 488 g/mol. The van der Waals surface area contributed by atoms with E-state index >= 15 is 0 Å². The Morgan fingerprint density at radius 2 is 1.92 bits per heavy atom. The van der Waals surface area contributed by atoms with E-state index < -0.39 is 10.0 Å². The zero-order valence-electron chi connectivity index (χ0n) is 19.8. The molecule has 3 aromatic heterocycles. The number of oxazole rings is 1. The number of rotatable bonds is 7. The average molecular weight is 517 g/mol. The lowest BCUT2D eigenvalue weighted by molar-refractivity contribution is 0.0858. The second-order valence-electron chi connectivity index (χ2n) is 8.73. The molecule has 1 saturated carbocycles. The van der Waals surface area contributed by atoms with Gasteiger partial charge in [0.2, 0.25) is 15.9 Å². The molecular formula is C23H28N6O6S. The molecule has 2 fully saturated rings. The first-order chi connectivity index (χ1) is 17.4. The number of morpholine rings is 1. The summed E-state index contributed by atoms with van der Waals surface area (Å²) >= 11 is 0. The predicted octanol–water partition coefficient (Wildman–Crippen LogP) is 1.48. The Morgan fingerprint density at radius 3 is 2.61 bits per heavy atom. The largest absolute Gasteiger partial charge is 0.474 e. The van der Waals surface area contributed by atoms with Crippen molar-refractivity contribution in [2.45, 2.75) is 42.7 Å². The van der Waals surface area contributed by atoms with Gasteiger partial charge in [-0.25, -0.2) is 18.1 Å². The predicted molar refractivity (Wildman–Crippen MR) is 129 cm³/mol. The number of nitrogens with zero attached hydrogens (tertiary/aromatic N) is 4. The number of carbonyl (C=O) groups excluding carboxylic acids is 1. The van der Waals surface area contributed by atoms with E-state index in [4.69, 9.17) is 18.9 Å². The molecule has 0 spiro atoms. The van der Waals surface area contributed by atoms with Crippen molar-refractivity contribution in [2.24, 2.45) is 0 Å². The molecule has 4 heterocycles. The summed E-state index contributed by atoms with van der Waals surface area (Å²) in [4.78, 5) is 27.4. The first-order valence-electron chi connectivity index (χ1n) is 11.9. The van der Waals surface area contributed by atoms with E-state index in [1.54, 1.807) is 6.07 Å². The molecule has 0 atom stereocenters. The number of pyridine rings is 2. The summed E-state index contributed by atoms with van der Waals surface area (Å²) in [6.07, 6.45) is 6.83. The lowest BCUT2D eigenvalue weighted by Crippen LogP contribution is -2.40. The van der Waals surface area contributed by atoms with Crippen molar-refractivity contribution >= 4 is 32.7 Å². The fourth-order valence-corrected chi connectivity index (χ4v) is 5.14. The molecule has 1 amide bonds. The summed E-state index contributed by atoms with van der Waals surface area (Å²) in [6, 6.07) is 3.38. The Bertz CT molecular complexity index is 1320. The van der Waals surface area contributed by atoms with Crippen LogP contribution in [0.25, 0.3) is 10.9 Å². The average Bonchev–Trinajstić information content (AvgIpc) is 3.45. The van der Waals surface area contributed by atoms with Crippen molar-refractivity contribution < 1.29 is 27.1 Å². The Hall–Kier alpha value is -3.29. The van der Waals surface area contributed by atoms with Crippen molar-refractivity contribution in [1.82, 2.24) is 25.0 Å². The quantitative estimate of drug-likeness (QED) is 0.473. The van der Waals surface area contributed by atoms with Gasteiger partial charge in [-0.3, -0.25) is 9.78 Å². The van der Waals surface area contributed by atoms with E-state index in [0.29, 0.717) is 61.7 Å². The monoisotopic (exact) mass is 516 g/mol. The fraction of sp³-hybridized carbons (Fsp3) is 0.478. The number of hydrogen-bond acceptors (Lipinski definition) is 10. The molecule has 0 aromatic carbocycles. The SMILES string of the molecule is CNS(=O)(=O)c1cnc2cc(N3CCOCC3)nc(OC3CCC(NC(=O)c4ncco4)CC3)c2c1. The number of sulfonamides is 1. The van der Waals surface area contributed by atoms with Crippen LogP contribution in [0.4, 0.5) is 5.82 Å². The van der Waals surface area contributed by atoms with Gasteiger partial charge in [0.15, 0.2) is 0 Å². The fourth-order valence-electron chi connectivity index (χ4n) is 4.44. The second-order valence-corrected chi connectivity index (χ2v) is 10.6. The number of hydrogen-bond donors (Lipinski definition) is 2. The summed E-state index contributed by atoms with van der Waals surface area (Å²) in [7, 11) is -2.33. The highest BCUT2D eigenvalue weighted by Crippen LogP contribution is 2.32. The first kappa shape index (κ1) is 24.4. The number of carbonyl (C=O) groups is 1. The minimum absolute atomic E-state index is 0.0114. The maximum absolute atomic E-state index is 12.4. The van der Waals surface area contributed by atoms with Gasteiger partial charge in [0.05, 0.1) is 30.3 Å². The van der Waals surface area contributed by atoms with Crippen LogP contribution in [0.1, 0.15) is 36.4 Å². The molecule has 0 radical (unpaired) electrons. The van der Waals surface area contributed by atoms with Crippen LogP contribution in [-0.4, -0.2) is 74.8 Å². The summed E-state index contributed by atoms with van der Waals surface area (Å²) in [5.41, 5.74) is 0.600. The van der Waals surface area contributed by atoms with E-state index in [2.05, 4.69) is 24.9 Å². The van der Waals surface area contributed by atoms with E-state index in [-0.39, 0.29) is 28.8 Å². The molecule has 1 saturated heterocycles. The number of amides is 1. The Labute approximate surface area is 208 Å². The standard InChI is InChI=1S/C23H28N6O6S/c1-24-36(31,32)17-12-18-19(26-14-17)13-20(29-7-10-33-11-8-29)28-22(18)35-16-4-2-15(3-5-16)27-21(30)23-25-6-9-34-23/h6,9,12-16,24H,2-5,7-8,10-11H2,1H3,(H,27,30). The van der Waals surface area contributed by atoms with Crippen molar-refractivity contribution in [3.63, 3.8) is 0 Å². The lowest BCUT2D eigenvalue weighted by atomic mass is 9.93. The van der Waals surface area contributed by atoms with Crippen LogP contribution < -0.4 is 19.7 Å². The van der Waals surface area contributed by atoms with Crippen molar-refractivity contribution in [2.75, 3.05) is 38.3 Å². The highest BCUT2D eigenvalue weighted by Gasteiger charge is 2.27. The van der Waals surface area contributed by atoms with Crippen molar-refractivity contribution in [1.29, 1.82) is 0 Å². The van der Waals surface area contributed by atoms with Crippen LogP contribution in [-0.2, 0) is 14.8 Å². The van der Waals surface area contributed by atoms with Crippen LogP contribution in [0.3, 0.4) is 0 Å². The number of nitrogens with one attached hydrogen (secondary N) is 2. The topological polar surface area (TPSA) is 149 Å². The number of ether oxygens (including phenoxy) is 2. The van der Waals surface area contributed by atoms with E-state index in [0.717, 1.165) is 12.8 Å². The second kappa shape index (κ2) is 10.4. The molecule has 0 bridgehead atoms. The van der Waals surface area contributed by atoms with Gasteiger partial charge in [0, 0.05) is 31.4 Å². The highest BCUT2D eigenvalue weighted by atomic mass is 32.2. The van der Waals surface area contributed by atoms with Gasteiger partial charge < -0.3 is 24.1 Å². The van der Waals surface area contributed by atoms with Crippen LogP contribution in [0, 0.1) is 0 Å². The molecule has 2 N–H and O–H groups in total. The van der Waals surface area contributed by atoms with Crippen molar-refractivity contribution in [3.8, 4) is 5.88 Å². The minimum Gasteiger partial charge on any atom is -0.474 e. The molecule has 3 aromatic rings. The molecule has 36 heavy (non-hydrogen) atoms. The summed E-state index contributed by atoms with van der Waals surface area (Å²) in [6.45, 7) is 2.59. The normalized spacial score (nSPS) is 20.9. The lowest BCUT2D eigenvalue weighted by Gasteiger charge is -2.30. The first-order valence-corrected chi connectivity index (χ1v) is 13.4. The van der Waals surface area contributed by atoms with Crippen LogP contribution in [0.2, 0.25) is 0 Å². The number of anilines is 1. The maximum atomic E-state index is 12.4. The molecule has 13 heteroatoms. The molecule has 1 aliphatic heterocycles. The van der Waals surface area contributed by atoms with Crippen LogP contribution >= 0.6 is 0 Å². The molecule has 5 rings (SSSR count). The molecule has 12 nitrogen and oxygen atoms in total. The third-order valence-corrected chi connectivity index (χ3v) is 7.82. The van der Waals surface area contributed by atoms with Gasteiger partial charge in [-0.15, -0.1) is 0 Å². The molecule has 0 unspecified atom stereocenters. The zero-order valence-corrected chi connectivity index (χ0v) is 20.7. The third-order valence-electron chi connectivity index (χ3n) is 6.43. The van der Waals surface area contributed by atoms with E-state index in [1.807, 2.05) is 6.07 Å². The van der Waals surface area contributed by atoms with Gasteiger partial charge in [0.25, 0.3) is 5.89 Å². The Morgan fingerprint density at radius 1 is 1.14 bits per heavy atom. The third kappa shape index (κ3) is 5.27. The summed E-state index contributed by atoms with van der Waals surface area (Å²) in [5, 5.41) is 3.48. The van der Waals surface area contributed by atoms with Crippen molar-refractivity contribution in [3.05, 3.63) is 36.7 Å². The maximum Gasteiger partial charge on any atom is 0.307 e. The van der Waals surface area contributed by atoms with Crippen LogP contribution in [0.5, 0.6) is 5.88 Å². The van der Waals surface area contributed by atoms with Gasteiger partial charge in [0.1, 0.15) is 23.1 Å². The zero-order chi connectivity index (χ0) is 25.1. The summed E-state index contributed by atoms with van der Waals surface area (Å²) in [5.74, 6) is 0.773. The minimum atomic E-state index is -3.68. The highest BCUT2D eigenvalue weighted by molar-refractivity contribution is 7.89. The Balaban J connectivity index is 1.36. The number of fused-ring (bicyclic) bond motifs is 1. The van der Waals surface area contributed by atoms with E-state index in [1.165, 1.54) is 25.7 Å². The van der Waals surface area contributed by atoms with Gasteiger partial charge in [-0.1, -0.05) is 0 Å². The van der Waals surface area contributed by atoms with E-state index in [9.17, 15) is 13.2 Å². The number of aromatic nitrogens is 3. The summed E-state index contributed by atoms with van der Waals surface area (Å²) < 4.78 is 44.0. The van der Waals surface area contributed by atoms with Gasteiger partial charge in [-0.05, 0) is 38.8 Å². The Kier molecular flexibility index (Phi) is 7.03. The van der Waals surface area contributed by atoms with Crippen LogP contribution in [0.15, 0.2) is 40.1 Å².